The van der Waals surface area contributed by atoms with Gasteiger partial charge in [-0.2, -0.15) is 0 Å². The minimum absolute atomic E-state index is 0.00986. The van der Waals surface area contributed by atoms with Gasteiger partial charge in [-0.1, -0.05) is 26.0 Å². The number of aryl methyl sites for hydroxylation is 1. The maximum atomic E-state index is 10.8. The van der Waals surface area contributed by atoms with Crippen molar-refractivity contribution in [3.63, 3.8) is 0 Å². The lowest BCUT2D eigenvalue weighted by molar-refractivity contribution is -0.148. The van der Waals surface area contributed by atoms with Crippen LogP contribution in [0, 0.1) is 0 Å². The summed E-state index contributed by atoms with van der Waals surface area (Å²) in [5.74, 6) is 1.16. The van der Waals surface area contributed by atoms with Gasteiger partial charge >= 0.3 is 5.97 Å². The van der Waals surface area contributed by atoms with Gasteiger partial charge in [0, 0.05) is 18.6 Å². The number of cyclic esters (lactones) is 1. The van der Waals surface area contributed by atoms with E-state index in [1.165, 1.54) is 10.9 Å². The molecule has 0 saturated carbocycles. The summed E-state index contributed by atoms with van der Waals surface area (Å²) in [7, 11) is 0. The molecule has 0 aliphatic carbocycles. The van der Waals surface area contributed by atoms with E-state index in [-0.39, 0.29) is 24.6 Å². The lowest BCUT2D eigenvalue weighted by Crippen LogP contribution is -2.13. The lowest BCUT2D eigenvalue weighted by Gasteiger charge is -2.10. The molecular formula is C23H27N3O5. The molecule has 164 valence electrons. The normalized spacial score (nSPS) is 17.6. The van der Waals surface area contributed by atoms with Gasteiger partial charge in [-0.05, 0) is 43.7 Å². The zero-order valence-corrected chi connectivity index (χ0v) is 17.8. The van der Waals surface area contributed by atoms with Gasteiger partial charge in [-0.3, -0.25) is 4.79 Å². The second-order valence-corrected chi connectivity index (χ2v) is 7.59. The van der Waals surface area contributed by atoms with Crippen molar-refractivity contribution in [1.29, 1.82) is 0 Å². The molecule has 1 atom stereocenters. The predicted octanol–water partition coefficient (Wildman–Crippen LogP) is 4.30. The summed E-state index contributed by atoms with van der Waals surface area (Å²) >= 11 is 0. The van der Waals surface area contributed by atoms with Gasteiger partial charge in [0.1, 0.15) is 28.6 Å². The van der Waals surface area contributed by atoms with E-state index in [1.807, 2.05) is 18.2 Å². The Morgan fingerprint density at radius 1 is 1.13 bits per heavy atom. The van der Waals surface area contributed by atoms with E-state index in [0.29, 0.717) is 23.6 Å². The number of phenolic OH excluding ortho intramolecular Hbond substituents is 1. The molecule has 8 nitrogen and oxygen atoms in total. The van der Waals surface area contributed by atoms with Crippen LogP contribution in [0.2, 0.25) is 0 Å². The van der Waals surface area contributed by atoms with Gasteiger partial charge in [-0.25, -0.2) is 0 Å². The third-order valence-electron chi connectivity index (χ3n) is 5.47. The summed E-state index contributed by atoms with van der Waals surface area (Å²) < 4.78 is 15.7. The number of phenols is 1. The molecule has 0 bridgehead atoms. The number of benzene rings is 2. The molecule has 5 rings (SSSR count). The van der Waals surface area contributed by atoms with E-state index in [0.717, 1.165) is 48.7 Å². The molecule has 0 radical (unpaired) electrons. The number of carbonyl (C=O) groups is 1. The van der Waals surface area contributed by atoms with E-state index >= 15 is 0 Å². The average Bonchev–Trinajstić information content (AvgIpc) is 3.35. The average molecular weight is 425 g/mol. The molecule has 2 aliphatic rings. The molecule has 1 aromatic heterocycles. The highest BCUT2D eigenvalue weighted by Crippen LogP contribution is 2.39. The van der Waals surface area contributed by atoms with Crippen LogP contribution < -0.4 is 9.47 Å². The van der Waals surface area contributed by atoms with E-state index in [4.69, 9.17) is 14.2 Å². The number of ether oxygens (including phenoxy) is 3. The van der Waals surface area contributed by atoms with Crippen LogP contribution in [-0.2, 0) is 16.0 Å². The Hall–Kier alpha value is -3.29. The Morgan fingerprint density at radius 2 is 1.94 bits per heavy atom. The Balaban J connectivity index is 0.000000196. The fraction of sp³-hybridized carbons (Fsp3) is 0.435. The number of aromatic nitrogens is 3. The first-order valence-electron chi connectivity index (χ1n) is 10.8. The molecule has 31 heavy (non-hydrogen) atoms. The molecule has 0 spiro atoms. The minimum atomic E-state index is -0.00986. The van der Waals surface area contributed by atoms with Crippen LogP contribution in [0.15, 0.2) is 30.3 Å². The minimum Gasteiger partial charge on any atom is -0.505 e. The summed E-state index contributed by atoms with van der Waals surface area (Å²) in [5, 5.41) is 19.1. The van der Waals surface area contributed by atoms with Crippen LogP contribution >= 0.6 is 0 Å². The first-order valence-corrected chi connectivity index (χ1v) is 10.8. The van der Waals surface area contributed by atoms with E-state index in [2.05, 4.69) is 24.0 Å². The highest BCUT2D eigenvalue weighted by atomic mass is 16.7. The number of fused-ring (bicyclic) bond motifs is 2. The van der Waals surface area contributed by atoms with E-state index in [1.54, 1.807) is 6.07 Å². The van der Waals surface area contributed by atoms with Crippen molar-refractivity contribution in [2.24, 2.45) is 0 Å². The quantitative estimate of drug-likeness (QED) is 0.625. The Bertz CT molecular complexity index is 1080. The molecule has 2 aliphatic heterocycles. The number of carbonyl (C=O) groups excluding carboxylic acids is 1. The van der Waals surface area contributed by atoms with Gasteiger partial charge in [0.05, 0.1) is 0 Å². The molecule has 1 saturated heterocycles. The topological polar surface area (TPSA) is 95.7 Å². The smallest absolute Gasteiger partial charge is 0.306 e. The lowest BCUT2D eigenvalue weighted by atomic mass is 10.1. The highest BCUT2D eigenvalue weighted by molar-refractivity contribution is 5.78. The van der Waals surface area contributed by atoms with Crippen molar-refractivity contribution in [3.8, 4) is 22.9 Å². The summed E-state index contributed by atoms with van der Waals surface area (Å²) in [5.41, 5.74) is 3.24. The van der Waals surface area contributed by atoms with Crippen LogP contribution in [0.4, 0.5) is 0 Å². The van der Waals surface area contributed by atoms with Gasteiger partial charge in [0.15, 0.2) is 11.5 Å². The molecule has 0 amide bonds. The van der Waals surface area contributed by atoms with Crippen molar-refractivity contribution in [3.05, 3.63) is 35.9 Å². The summed E-state index contributed by atoms with van der Waals surface area (Å²) in [4.78, 5) is 12.3. The number of hydrogen-bond donors (Lipinski definition) is 1. The molecule has 8 heteroatoms. The van der Waals surface area contributed by atoms with Crippen LogP contribution in [0.3, 0.4) is 0 Å². The Kier molecular flexibility index (Phi) is 6.25. The van der Waals surface area contributed by atoms with Crippen LogP contribution in [-0.4, -0.2) is 39.0 Å². The van der Waals surface area contributed by atoms with Gasteiger partial charge in [-0.15, -0.1) is 15.0 Å². The maximum Gasteiger partial charge on any atom is 0.306 e. The zero-order chi connectivity index (χ0) is 21.8. The fourth-order valence-electron chi connectivity index (χ4n) is 3.70. The zero-order valence-electron chi connectivity index (χ0n) is 17.8. The van der Waals surface area contributed by atoms with Gasteiger partial charge in [0.25, 0.3) is 0 Å². The van der Waals surface area contributed by atoms with Crippen LogP contribution in [0.25, 0.3) is 16.7 Å². The highest BCUT2D eigenvalue weighted by Gasteiger charge is 2.20. The summed E-state index contributed by atoms with van der Waals surface area (Å²) in [6.45, 7) is 4.29. The van der Waals surface area contributed by atoms with Gasteiger partial charge < -0.3 is 19.3 Å². The third kappa shape index (κ3) is 4.57. The second-order valence-electron chi connectivity index (χ2n) is 7.59. The number of aromatic hydroxyl groups is 1. The molecule has 1 N–H and O–H groups in total. The largest absolute Gasteiger partial charge is 0.505 e. The fourth-order valence-corrected chi connectivity index (χ4v) is 3.70. The van der Waals surface area contributed by atoms with Crippen LogP contribution in [0.5, 0.6) is 17.2 Å². The SMILES string of the molecule is CCC1CCCCC(=O)O1.CCc1cccc2nn(-c3cc4c(cc3O)OCO4)nc12. The molecule has 3 heterocycles. The number of hydrogen-bond acceptors (Lipinski definition) is 7. The van der Waals surface area contributed by atoms with Crippen molar-refractivity contribution in [2.75, 3.05) is 6.79 Å². The van der Waals surface area contributed by atoms with E-state index in [9.17, 15) is 9.90 Å². The van der Waals surface area contributed by atoms with Crippen LogP contribution in [0.1, 0.15) is 51.5 Å². The second kappa shape index (κ2) is 9.24. The first kappa shape index (κ1) is 21.0. The Labute approximate surface area is 180 Å². The third-order valence-corrected chi connectivity index (χ3v) is 5.47. The molecule has 1 fully saturated rings. The standard InChI is InChI=1S/C15H13N3O3.C8H14O2/c1-2-9-4-3-5-10-15(9)17-18(16-10)11-6-13-14(7-12(11)19)21-8-20-13;1-2-7-5-3-4-6-8(9)10-7/h3-7,19H,2,8H2,1H3;7H,2-6H2,1H3. The molecule has 1 unspecified atom stereocenters. The monoisotopic (exact) mass is 425 g/mol. The van der Waals surface area contributed by atoms with Crippen molar-refractivity contribution >= 4 is 17.0 Å². The van der Waals surface area contributed by atoms with Gasteiger partial charge in [0.2, 0.25) is 6.79 Å². The molecule has 2 aromatic carbocycles. The molecule has 3 aromatic rings. The number of esters is 1. The number of rotatable bonds is 3. The van der Waals surface area contributed by atoms with Crippen molar-refractivity contribution < 1.29 is 24.1 Å². The van der Waals surface area contributed by atoms with Crippen molar-refractivity contribution in [2.45, 2.75) is 58.5 Å². The van der Waals surface area contributed by atoms with Crippen molar-refractivity contribution in [1.82, 2.24) is 15.0 Å². The molecular weight excluding hydrogens is 398 g/mol. The number of nitrogens with zero attached hydrogens (tertiary/aromatic N) is 3. The predicted molar refractivity (Wildman–Crippen MR) is 115 cm³/mol. The summed E-state index contributed by atoms with van der Waals surface area (Å²) in [6.07, 6.45) is 5.88. The Morgan fingerprint density at radius 3 is 2.71 bits per heavy atom. The maximum absolute atomic E-state index is 10.8. The van der Waals surface area contributed by atoms with E-state index < -0.39 is 0 Å². The first-order chi connectivity index (χ1) is 15.1. The summed E-state index contributed by atoms with van der Waals surface area (Å²) in [6, 6.07) is 9.09.